The summed E-state index contributed by atoms with van der Waals surface area (Å²) in [4.78, 5) is 22.0. The lowest BCUT2D eigenvalue weighted by Crippen LogP contribution is -2.10. The largest absolute Gasteiger partial charge is 0.476 e. The zero-order valence-electron chi connectivity index (χ0n) is 7.77. The molecule has 8 nitrogen and oxygen atoms in total. The summed E-state index contributed by atoms with van der Waals surface area (Å²) in [5, 5.41) is 21.1. The van der Waals surface area contributed by atoms with Gasteiger partial charge in [0.15, 0.2) is 11.5 Å². The number of hydrogen-bond donors (Lipinski definition) is 1. The van der Waals surface area contributed by atoms with Crippen LogP contribution in [0, 0.1) is 11.3 Å². The number of carboxylic acid groups (broad SMARTS) is 1. The summed E-state index contributed by atoms with van der Waals surface area (Å²) in [6.45, 7) is 0. The number of carbonyl (C=O) groups is 1. The molecular weight excluding hydrogens is 212 g/mol. The van der Waals surface area contributed by atoms with Gasteiger partial charge in [-0.25, -0.2) is 19.7 Å². The van der Waals surface area contributed by atoms with E-state index < -0.39 is 5.97 Å². The summed E-state index contributed by atoms with van der Waals surface area (Å²) in [5.74, 6) is -1.27. The highest BCUT2D eigenvalue weighted by atomic mass is 16.4. The van der Waals surface area contributed by atoms with E-state index in [0.29, 0.717) is 0 Å². The highest BCUT2D eigenvalue weighted by Gasteiger charge is 2.15. The highest BCUT2D eigenvalue weighted by Crippen LogP contribution is 2.06. The van der Waals surface area contributed by atoms with Gasteiger partial charge in [-0.2, -0.15) is 9.94 Å². The Labute approximate surface area is 88.8 Å². The van der Waals surface area contributed by atoms with Crippen LogP contribution in [0.1, 0.15) is 16.3 Å². The Morgan fingerprint density at radius 2 is 2.12 bits per heavy atom. The fourth-order valence-corrected chi connectivity index (χ4v) is 1.07. The highest BCUT2D eigenvalue weighted by molar-refractivity contribution is 5.88. The molecular formula is C8H4N6O2. The number of aromatic nitrogens is 5. The maximum absolute atomic E-state index is 10.8. The smallest absolute Gasteiger partial charge is 0.358 e. The average Bonchev–Trinajstić information content (AvgIpc) is 2.77. The fourth-order valence-electron chi connectivity index (χ4n) is 1.07. The zero-order chi connectivity index (χ0) is 11.5. The van der Waals surface area contributed by atoms with Crippen LogP contribution in [0.4, 0.5) is 0 Å². The zero-order valence-corrected chi connectivity index (χ0v) is 7.77. The first-order chi connectivity index (χ1) is 7.72. The Balaban J connectivity index is 2.56. The first kappa shape index (κ1) is 9.72. The molecule has 0 aromatic carbocycles. The van der Waals surface area contributed by atoms with Crippen LogP contribution in [0.25, 0.3) is 5.82 Å². The van der Waals surface area contributed by atoms with Gasteiger partial charge in [-0.1, -0.05) is 0 Å². The van der Waals surface area contributed by atoms with Gasteiger partial charge in [0.05, 0.1) is 0 Å². The maximum Gasteiger partial charge on any atom is 0.358 e. The van der Waals surface area contributed by atoms with Gasteiger partial charge in [-0.3, -0.25) is 0 Å². The van der Waals surface area contributed by atoms with Crippen LogP contribution in [0.5, 0.6) is 0 Å². The molecule has 0 saturated heterocycles. The summed E-state index contributed by atoms with van der Waals surface area (Å²) < 4.78 is 1.09. The number of nitrogens with zero attached hydrogens (tertiary/aromatic N) is 6. The van der Waals surface area contributed by atoms with Gasteiger partial charge in [0.25, 0.3) is 5.82 Å². The molecule has 0 atom stereocenters. The Morgan fingerprint density at radius 3 is 2.75 bits per heavy atom. The van der Waals surface area contributed by atoms with E-state index in [9.17, 15) is 4.79 Å². The molecule has 1 N–H and O–H groups in total. The molecule has 8 heteroatoms. The molecule has 0 aliphatic carbocycles. The van der Waals surface area contributed by atoms with Gasteiger partial charge in [0.2, 0.25) is 0 Å². The lowest BCUT2D eigenvalue weighted by atomic mass is 10.4. The molecule has 2 heterocycles. The van der Waals surface area contributed by atoms with Crippen molar-refractivity contribution in [2.75, 3.05) is 0 Å². The second kappa shape index (κ2) is 3.74. The summed E-state index contributed by atoms with van der Waals surface area (Å²) in [5.41, 5.74) is -0.253. The van der Waals surface area contributed by atoms with Gasteiger partial charge < -0.3 is 5.11 Å². The fraction of sp³-hybridized carbons (Fsp3) is 0. The van der Waals surface area contributed by atoms with Crippen LogP contribution in [0.3, 0.4) is 0 Å². The van der Waals surface area contributed by atoms with E-state index >= 15 is 0 Å². The third-order valence-corrected chi connectivity index (χ3v) is 1.69. The molecule has 0 unspecified atom stereocenters. The molecule has 0 saturated carbocycles. The van der Waals surface area contributed by atoms with Crippen molar-refractivity contribution in [1.29, 1.82) is 5.26 Å². The molecule has 0 aliphatic heterocycles. The van der Waals surface area contributed by atoms with E-state index in [1.807, 2.05) is 0 Å². The third kappa shape index (κ3) is 1.57. The maximum atomic E-state index is 10.8. The van der Waals surface area contributed by atoms with Crippen LogP contribution in [0.15, 0.2) is 18.7 Å². The average molecular weight is 216 g/mol. The molecule has 2 aromatic rings. The lowest BCUT2D eigenvalue weighted by Gasteiger charge is -2.01. The number of hydrogen-bond acceptors (Lipinski definition) is 6. The molecule has 78 valence electrons. The van der Waals surface area contributed by atoms with E-state index in [4.69, 9.17) is 10.4 Å². The molecule has 0 spiro atoms. The first-order valence-corrected chi connectivity index (χ1v) is 4.09. The minimum atomic E-state index is -1.22. The molecule has 0 aliphatic rings. The Hall–Kier alpha value is -2.82. The third-order valence-electron chi connectivity index (χ3n) is 1.69. The normalized spacial score (nSPS) is 9.69. The standard InChI is InChI=1S/C8H4N6O2/c9-3-5-12-4-14(13-5)7-6(8(15)16)10-1-2-11-7/h1-2,4H,(H,15,16). The van der Waals surface area contributed by atoms with Crippen LogP contribution >= 0.6 is 0 Å². The summed E-state index contributed by atoms with van der Waals surface area (Å²) in [6, 6.07) is 1.73. The van der Waals surface area contributed by atoms with Crippen molar-refractivity contribution in [3.05, 3.63) is 30.2 Å². The van der Waals surface area contributed by atoms with Crippen molar-refractivity contribution in [3.8, 4) is 11.9 Å². The quantitative estimate of drug-likeness (QED) is 0.727. The van der Waals surface area contributed by atoms with Gasteiger partial charge >= 0.3 is 5.97 Å². The summed E-state index contributed by atoms with van der Waals surface area (Å²) >= 11 is 0. The van der Waals surface area contributed by atoms with Crippen LogP contribution in [-0.2, 0) is 0 Å². The monoisotopic (exact) mass is 216 g/mol. The van der Waals surface area contributed by atoms with Crippen LogP contribution in [0.2, 0.25) is 0 Å². The number of nitriles is 1. The van der Waals surface area contributed by atoms with Gasteiger partial charge in [0.1, 0.15) is 12.4 Å². The minimum Gasteiger partial charge on any atom is -0.476 e. The predicted octanol–water partition coefficient (Wildman–Crippen LogP) is -0.373. The van der Waals surface area contributed by atoms with Crippen molar-refractivity contribution >= 4 is 5.97 Å². The van der Waals surface area contributed by atoms with Crippen LogP contribution in [-0.4, -0.2) is 35.8 Å². The second-order valence-corrected chi connectivity index (χ2v) is 2.66. The molecule has 2 rings (SSSR count). The first-order valence-electron chi connectivity index (χ1n) is 4.09. The molecule has 0 radical (unpaired) electrons. The Bertz CT molecular complexity index is 584. The molecule has 2 aromatic heterocycles. The van der Waals surface area contributed by atoms with Gasteiger partial charge in [0, 0.05) is 12.4 Å². The van der Waals surface area contributed by atoms with Crippen molar-refractivity contribution in [3.63, 3.8) is 0 Å². The predicted molar refractivity (Wildman–Crippen MR) is 48.6 cm³/mol. The SMILES string of the molecule is N#Cc1ncn(-c2nccnc2C(=O)O)n1. The summed E-state index contributed by atoms with van der Waals surface area (Å²) in [7, 11) is 0. The molecule has 0 bridgehead atoms. The van der Waals surface area contributed by atoms with Crippen molar-refractivity contribution < 1.29 is 9.90 Å². The van der Waals surface area contributed by atoms with Crippen LogP contribution < -0.4 is 0 Å². The number of carboxylic acids is 1. The van der Waals surface area contributed by atoms with E-state index in [0.717, 1.165) is 4.68 Å². The number of rotatable bonds is 2. The second-order valence-electron chi connectivity index (χ2n) is 2.66. The van der Waals surface area contributed by atoms with E-state index in [2.05, 4.69) is 20.1 Å². The Kier molecular flexibility index (Phi) is 2.27. The van der Waals surface area contributed by atoms with Crippen molar-refractivity contribution in [1.82, 2.24) is 24.7 Å². The van der Waals surface area contributed by atoms with Crippen molar-refractivity contribution in [2.45, 2.75) is 0 Å². The lowest BCUT2D eigenvalue weighted by molar-refractivity contribution is 0.0689. The molecule has 16 heavy (non-hydrogen) atoms. The molecule has 0 amide bonds. The summed E-state index contributed by atoms with van der Waals surface area (Å²) in [6.07, 6.45) is 3.79. The topological polar surface area (TPSA) is 118 Å². The van der Waals surface area contributed by atoms with E-state index in [1.165, 1.54) is 18.7 Å². The van der Waals surface area contributed by atoms with Gasteiger partial charge in [-0.15, -0.1) is 5.10 Å². The van der Waals surface area contributed by atoms with Crippen molar-refractivity contribution in [2.24, 2.45) is 0 Å². The number of aromatic carboxylic acids is 1. The minimum absolute atomic E-state index is 0.0176. The van der Waals surface area contributed by atoms with E-state index in [-0.39, 0.29) is 17.3 Å². The Morgan fingerprint density at radius 1 is 1.38 bits per heavy atom. The van der Waals surface area contributed by atoms with E-state index in [1.54, 1.807) is 6.07 Å². The molecule has 0 fully saturated rings. The van der Waals surface area contributed by atoms with Gasteiger partial charge in [-0.05, 0) is 0 Å².